The van der Waals surface area contributed by atoms with E-state index >= 15 is 0 Å². The molecule has 0 amide bonds. The third kappa shape index (κ3) is 2.10. The number of allylic oxidation sites excluding steroid dienone is 2. The minimum absolute atomic E-state index is 0.175. The molecule has 0 saturated carbocycles. The van der Waals surface area contributed by atoms with E-state index in [4.69, 9.17) is 0 Å². The number of benzene rings is 3. The minimum Gasteiger partial charge on any atom is -0.450 e. The molecule has 26 heavy (non-hydrogen) atoms. The number of para-hydroxylation sites is 1. The van der Waals surface area contributed by atoms with Crippen LogP contribution in [0.3, 0.4) is 0 Å². The first-order valence-corrected chi connectivity index (χ1v) is 8.97. The van der Waals surface area contributed by atoms with E-state index in [0.29, 0.717) is 0 Å². The maximum absolute atomic E-state index is 9.52. The van der Waals surface area contributed by atoms with Crippen molar-refractivity contribution in [3.05, 3.63) is 96.0 Å². The van der Waals surface area contributed by atoms with Crippen LogP contribution in [0.5, 0.6) is 0 Å². The summed E-state index contributed by atoms with van der Waals surface area (Å²) in [6, 6.07) is 23.9. The second-order valence-corrected chi connectivity index (χ2v) is 7.28. The number of anilines is 2. The van der Waals surface area contributed by atoms with Gasteiger partial charge in [-0.05, 0) is 41.5 Å². The zero-order valence-corrected chi connectivity index (χ0v) is 14.6. The highest BCUT2D eigenvalue weighted by Gasteiger charge is 2.46. The largest absolute Gasteiger partial charge is 0.450 e. The fourth-order valence-corrected chi connectivity index (χ4v) is 4.47. The SMILES string of the molecule is CC12C=C([B]O)C=CC1N(c1ccc3ccccc3c1)c1ccccc12. The van der Waals surface area contributed by atoms with Crippen LogP contribution in [-0.2, 0) is 5.41 Å². The lowest BCUT2D eigenvalue weighted by Crippen LogP contribution is -2.40. The van der Waals surface area contributed by atoms with E-state index < -0.39 is 0 Å². The zero-order chi connectivity index (χ0) is 17.7. The smallest absolute Gasteiger partial charge is 0.326 e. The van der Waals surface area contributed by atoms with Gasteiger partial charge >= 0.3 is 7.48 Å². The van der Waals surface area contributed by atoms with Crippen molar-refractivity contribution in [2.24, 2.45) is 0 Å². The van der Waals surface area contributed by atoms with Crippen LogP contribution in [0, 0.1) is 0 Å². The fourth-order valence-electron chi connectivity index (χ4n) is 4.47. The predicted molar refractivity (Wildman–Crippen MR) is 109 cm³/mol. The van der Waals surface area contributed by atoms with E-state index in [1.54, 1.807) is 0 Å². The molecule has 0 saturated heterocycles. The summed E-state index contributed by atoms with van der Waals surface area (Å²) in [5, 5.41) is 12.0. The molecule has 3 aromatic rings. The Hall–Kier alpha value is -2.78. The highest BCUT2D eigenvalue weighted by molar-refractivity contribution is 6.38. The molecule has 2 aliphatic rings. The van der Waals surface area contributed by atoms with Gasteiger partial charge in [-0.2, -0.15) is 0 Å². The Morgan fingerprint density at radius 3 is 2.58 bits per heavy atom. The number of hydrogen-bond donors (Lipinski definition) is 1. The van der Waals surface area contributed by atoms with Crippen molar-refractivity contribution in [1.29, 1.82) is 0 Å². The molecule has 2 atom stereocenters. The summed E-state index contributed by atoms with van der Waals surface area (Å²) in [6.07, 6.45) is 6.39. The Morgan fingerprint density at radius 2 is 1.73 bits per heavy atom. The molecule has 0 spiro atoms. The van der Waals surface area contributed by atoms with Gasteiger partial charge in [-0.1, -0.05) is 72.2 Å². The second kappa shape index (κ2) is 5.62. The Kier molecular flexibility index (Phi) is 3.34. The lowest BCUT2D eigenvalue weighted by atomic mass is 9.69. The molecule has 5 rings (SSSR count). The maximum Gasteiger partial charge on any atom is 0.326 e. The minimum atomic E-state index is -0.175. The third-order valence-corrected chi connectivity index (χ3v) is 5.73. The average Bonchev–Trinajstić information content (AvgIpc) is 2.95. The first kappa shape index (κ1) is 15.5. The molecule has 0 bridgehead atoms. The van der Waals surface area contributed by atoms with E-state index in [0.717, 1.165) is 5.47 Å². The van der Waals surface area contributed by atoms with Crippen LogP contribution in [0.4, 0.5) is 11.4 Å². The summed E-state index contributed by atoms with van der Waals surface area (Å²) in [5.41, 5.74) is 4.40. The Labute approximate surface area is 154 Å². The number of fused-ring (bicyclic) bond motifs is 4. The van der Waals surface area contributed by atoms with Crippen LogP contribution in [0.15, 0.2) is 90.4 Å². The molecule has 1 N–H and O–H groups in total. The van der Waals surface area contributed by atoms with Gasteiger partial charge in [0.1, 0.15) is 0 Å². The zero-order valence-electron chi connectivity index (χ0n) is 14.6. The van der Waals surface area contributed by atoms with Gasteiger partial charge in [0, 0.05) is 16.8 Å². The quantitative estimate of drug-likeness (QED) is 0.687. The Bertz CT molecular complexity index is 1070. The van der Waals surface area contributed by atoms with E-state index in [2.05, 4.69) is 90.7 Å². The lowest BCUT2D eigenvalue weighted by Gasteiger charge is -2.36. The van der Waals surface area contributed by atoms with Crippen molar-refractivity contribution >= 4 is 29.6 Å². The lowest BCUT2D eigenvalue weighted by molar-refractivity contribution is 0.545. The van der Waals surface area contributed by atoms with E-state index in [1.165, 1.54) is 35.2 Å². The van der Waals surface area contributed by atoms with Crippen molar-refractivity contribution in [2.45, 2.75) is 18.4 Å². The molecule has 0 aromatic heterocycles. The molecule has 2 unspecified atom stereocenters. The van der Waals surface area contributed by atoms with Gasteiger partial charge in [0.05, 0.1) is 6.04 Å². The van der Waals surface area contributed by atoms with Crippen LogP contribution >= 0.6 is 0 Å². The number of nitrogens with zero attached hydrogens (tertiary/aromatic N) is 1. The summed E-state index contributed by atoms with van der Waals surface area (Å²) in [6.45, 7) is 2.25. The molecular weight excluding hydrogens is 317 g/mol. The van der Waals surface area contributed by atoms with E-state index in [1.807, 2.05) is 6.08 Å². The molecule has 1 aliphatic carbocycles. The standard InChI is InChI=1S/C23H19BNO/c1-23-15-18(24-26)11-13-22(23)25(21-9-5-4-8-20(21)23)19-12-10-16-6-2-3-7-17(16)14-19/h2-15,22,26H,1H3. The second-order valence-electron chi connectivity index (χ2n) is 7.28. The summed E-state index contributed by atoms with van der Waals surface area (Å²) in [7, 11) is 1.19. The molecular formula is C23H19BNO. The van der Waals surface area contributed by atoms with Crippen molar-refractivity contribution in [3.8, 4) is 0 Å². The number of hydrogen-bond acceptors (Lipinski definition) is 2. The molecule has 125 valence electrons. The first-order chi connectivity index (χ1) is 12.7. The Morgan fingerprint density at radius 1 is 0.962 bits per heavy atom. The highest BCUT2D eigenvalue weighted by atomic mass is 16.2. The summed E-state index contributed by atoms with van der Waals surface area (Å²) >= 11 is 0. The Balaban J connectivity index is 1.72. The van der Waals surface area contributed by atoms with Gasteiger partial charge in [-0.25, -0.2) is 0 Å². The van der Waals surface area contributed by atoms with Crippen molar-refractivity contribution in [2.75, 3.05) is 4.90 Å². The summed E-state index contributed by atoms with van der Waals surface area (Å²) < 4.78 is 0. The van der Waals surface area contributed by atoms with E-state index in [9.17, 15) is 5.02 Å². The molecule has 1 heterocycles. The first-order valence-electron chi connectivity index (χ1n) is 8.97. The molecule has 1 aliphatic heterocycles. The average molecular weight is 336 g/mol. The van der Waals surface area contributed by atoms with E-state index in [-0.39, 0.29) is 11.5 Å². The van der Waals surface area contributed by atoms with Crippen LogP contribution in [0.2, 0.25) is 0 Å². The third-order valence-electron chi connectivity index (χ3n) is 5.73. The monoisotopic (exact) mass is 336 g/mol. The van der Waals surface area contributed by atoms with Crippen molar-refractivity contribution < 1.29 is 5.02 Å². The van der Waals surface area contributed by atoms with Crippen LogP contribution in [0.1, 0.15) is 12.5 Å². The predicted octanol–water partition coefficient (Wildman–Crippen LogP) is 4.68. The van der Waals surface area contributed by atoms with Crippen molar-refractivity contribution in [1.82, 2.24) is 0 Å². The van der Waals surface area contributed by atoms with Crippen molar-refractivity contribution in [3.63, 3.8) is 0 Å². The van der Waals surface area contributed by atoms with Crippen LogP contribution < -0.4 is 4.90 Å². The van der Waals surface area contributed by atoms with Crippen LogP contribution in [-0.4, -0.2) is 18.5 Å². The molecule has 0 fully saturated rings. The maximum atomic E-state index is 9.52. The molecule has 3 aromatic carbocycles. The van der Waals surface area contributed by atoms with Gasteiger partial charge in [0.25, 0.3) is 0 Å². The topological polar surface area (TPSA) is 23.5 Å². The summed E-state index contributed by atoms with van der Waals surface area (Å²) in [4.78, 5) is 2.42. The number of rotatable bonds is 2. The van der Waals surface area contributed by atoms with Gasteiger partial charge in [0.15, 0.2) is 0 Å². The fraction of sp³-hybridized carbons (Fsp3) is 0.130. The normalized spacial score (nSPS) is 23.5. The van der Waals surface area contributed by atoms with Gasteiger partial charge in [-0.15, -0.1) is 0 Å². The summed E-state index contributed by atoms with van der Waals surface area (Å²) in [5.74, 6) is 0. The van der Waals surface area contributed by atoms with Gasteiger partial charge in [-0.3, -0.25) is 0 Å². The highest BCUT2D eigenvalue weighted by Crippen LogP contribution is 2.51. The van der Waals surface area contributed by atoms with Crippen LogP contribution in [0.25, 0.3) is 10.8 Å². The molecule has 1 radical (unpaired) electrons. The van der Waals surface area contributed by atoms with Gasteiger partial charge < -0.3 is 9.92 Å². The molecule has 2 nitrogen and oxygen atoms in total. The van der Waals surface area contributed by atoms with Gasteiger partial charge in [0.2, 0.25) is 0 Å². The molecule has 3 heteroatoms.